The van der Waals surface area contributed by atoms with Crippen LogP contribution in [-0.4, -0.2) is 51.3 Å². The molecule has 1 aliphatic heterocycles. The maximum atomic E-state index is 14.3. The molecule has 0 spiro atoms. The fraction of sp³-hybridized carbons (Fsp3) is 0.400. The minimum absolute atomic E-state index is 0.0475. The second-order valence-electron chi connectivity index (χ2n) is 8.92. The molecule has 1 aliphatic rings. The molecule has 1 saturated heterocycles. The molecular formula is C25H29FN4O2. The molecule has 0 bridgehead atoms. The Bertz CT molecular complexity index is 1150. The Morgan fingerprint density at radius 3 is 2.56 bits per heavy atom. The third-order valence-corrected chi connectivity index (χ3v) is 6.10. The SMILES string of the molecule is CC(C)N(C(=O)c1cc(F)ccc1-n1cc(C(=O)[C@H]2CCNC2)c2ccncc21)C(C)C. The van der Waals surface area contributed by atoms with E-state index in [-0.39, 0.29) is 35.3 Å². The summed E-state index contributed by atoms with van der Waals surface area (Å²) in [5.41, 5.74) is 2.10. The maximum absolute atomic E-state index is 14.3. The van der Waals surface area contributed by atoms with Crippen molar-refractivity contribution in [3.63, 3.8) is 0 Å². The first kappa shape index (κ1) is 22.1. The molecule has 0 saturated carbocycles. The first-order valence-electron chi connectivity index (χ1n) is 11.1. The zero-order valence-electron chi connectivity index (χ0n) is 18.9. The Balaban J connectivity index is 1.89. The van der Waals surface area contributed by atoms with Gasteiger partial charge >= 0.3 is 0 Å². The predicted octanol–water partition coefficient (Wildman–Crippen LogP) is 4.22. The van der Waals surface area contributed by atoms with Gasteiger partial charge in [-0.05, 0) is 64.9 Å². The number of halogens is 1. The van der Waals surface area contributed by atoms with Gasteiger partial charge in [0, 0.05) is 47.9 Å². The number of fused-ring (bicyclic) bond motifs is 1. The van der Waals surface area contributed by atoms with Crippen molar-refractivity contribution in [2.45, 2.75) is 46.2 Å². The second-order valence-corrected chi connectivity index (χ2v) is 8.92. The van der Waals surface area contributed by atoms with Crippen molar-refractivity contribution in [1.82, 2.24) is 19.8 Å². The standard InChI is InChI=1S/C25H29FN4O2/c1-15(2)30(16(3)4)25(32)20-11-18(26)5-6-22(20)29-14-21(19-8-10-28-13-23(19)29)24(31)17-7-9-27-12-17/h5-6,8,10-11,13-17,27H,7,9,12H2,1-4H3/t17-/m0/s1. The zero-order valence-corrected chi connectivity index (χ0v) is 18.9. The fourth-order valence-electron chi connectivity index (χ4n) is 4.66. The van der Waals surface area contributed by atoms with E-state index in [1.807, 2.05) is 33.8 Å². The number of carbonyl (C=O) groups is 2. The number of carbonyl (C=O) groups excluding carboxylic acids is 2. The Morgan fingerprint density at radius 2 is 1.91 bits per heavy atom. The topological polar surface area (TPSA) is 67.2 Å². The van der Waals surface area contributed by atoms with Crippen LogP contribution in [0.1, 0.15) is 54.8 Å². The molecule has 0 aliphatic carbocycles. The molecule has 1 amide bonds. The Kier molecular flexibility index (Phi) is 6.11. The molecule has 3 heterocycles. The molecular weight excluding hydrogens is 407 g/mol. The summed E-state index contributed by atoms with van der Waals surface area (Å²) in [6.07, 6.45) is 5.91. The number of nitrogens with one attached hydrogen (secondary N) is 1. The number of hydrogen-bond donors (Lipinski definition) is 1. The monoisotopic (exact) mass is 436 g/mol. The Labute approximate surface area is 187 Å². The number of amides is 1. The van der Waals surface area contributed by atoms with Gasteiger partial charge in [-0.15, -0.1) is 0 Å². The first-order valence-corrected chi connectivity index (χ1v) is 11.1. The van der Waals surface area contributed by atoms with Crippen LogP contribution in [0.15, 0.2) is 42.9 Å². The van der Waals surface area contributed by atoms with Gasteiger partial charge in [0.25, 0.3) is 5.91 Å². The highest BCUT2D eigenvalue weighted by molar-refractivity contribution is 6.10. The molecule has 3 aromatic rings. The lowest BCUT2D eigenvalue weighted by Gasteiger charge is -2.31. The van der Waals surface area contributed by atoms with E-state index in [4.69, 9.17) is 0 Å². The van der Waals surface area contributed by atoms with Crippen molar-refractivity contribution >= 4 is 22.6 Å². The number of aromatic nitrogens is 2. The van der Waals surface area contributed by atoms with Crippen molar-refractivity contribution in [2.75, 3.05) is 13.1 Å². The summed E-state index contributed by atoms with van der Waals surface area (Å²) in [4.78, 5) is 32.7. The lowest BCUT2D eigenvalue weighted by atomic mass is 9.97. The van der Waals surface area contributed by atoms with Crippen LogP contribution in [0, 0.1) is 11.7 Å². The number of benzene rings is 1. The van der Waals surface area contributed by atoms with Gasteiger partial charge in [-0.1, -0.05) is 0 Å². The third kappa shape index (κ3) is 3.93. The van der Waals surface area contributed by atoms with E-state index in [0.717, 1.165) is 18.4 Å². The molecule has 7 heteroatoms. The molecule has 4 rings (SSSR count). The summed E-state index contributed by atoms with van der Waals surface area (Å²) >= 11 is 0. The number of nitrogens with zero attached hydrogens (tertiary/aromatic N) is 3. The predicted molar refractivity (Wildman–Crippen MR) is 123 cm³/mol. The highest BCUT2D eigenvalue weighted by atomic mass is 19.1. The molecule has 1 aromatic carbocycles. The van der Waals surface area contributed by atoms with Crippen molar-refractivity contribution in [2.24, 2.45) is 5.92 Å². The molecule has 1 fully saturated rings. The highest BCUT2D eigenvalue weighted by Gasteiger charge is 2.29. The first-order chi connectivity index (χ1) is 15.3. The minimum Gasteiger partial charge on any atom is -0.334 e. The normalized spacial score (nSPS) is 16.3. The van der Waals surface area contributed by atoms with Crippen molar-refractivity contribution in [1.29, 1.82) is 0 Å². The van der Waals surface area contributed by atoms with Crippen LogP contribution in [0.4, 0.5) is 4.39 Å². The lowest BCUT2D eigenvalue weighted by Crippen LogP contribution is -2.42. The smallest absolute Gasteiger partial charge is 0.256 e. The molecule has 0 radical (unpaired) electrons. The molecule has 1 atom stereocenters. The lowest BCUT2D eigenvalue weighted by molar-refractivity contribution is 0.0643. The van der Waals surface area contributed by atoms with Gasteiger partial charge < -0.3 is 14.8 Å². The van der Waals surface area contributed by atoms with Crippen LogP contribution in [-0.2, 0) is 0 Å². The molecule has 2 aromatic heterocycles. The van der Waals surface area contributed by atoms with E-state index < -0.39 is 5.82 Å². The summed E-state index contributed by atoms with van der Waals surface area (Å²) in [5.74, 6) is -0.726. The summed E-state index contributed by atoms with van der Waals surface area (Å²) in [5, 5.41) is 4.02. The number of rotatable bonds is 6. The summed E-state index contributed by atoms with van der Waals surface area (Å²) in [7, 11) is 0. The number of pyridine rings is 1. The van der Waals surface area contributed by atoms with Crippen LogP contribution in [0.5, 0.6) is 0 Å². The van der Waals surface area contributed by atoms with Crippen LogP contribution in [0.3, 0.4) is 0 Å². The third-order valence-electron chi connectivity index (χ3n) is 6.10. The van der Waals surface area contributed by atoms with Gasteiger partial charge in [0.2, 0.25) is 0 Å². The Morgan fingerprint density at radius 1 is 1.16 bits per heavy atom. The van der Waals surface area contributed by atoms with E-state index in [9.17, 15) is 14.0 Å². The van der Waals surface area contributed by atoms with Crippen molar-refractivity contribution < 1.29 is 14.0 Å². The van der Waals surface area contributed by atoms with E-state index in [1.54, 1.807) is 34.1 Å². The van der Waals surface area contributed by atoms with Crippen LogP contribution < -0.4 is 5.32 Å². The van der Waals surface area contributed by atoms with Crippen LogP contribution >= 0.6 is 0 Å². The van der Waals surface area contributed by atoms with Gasteiger partial charge in [-0.2, -0.15) is 0 Å². The van der Waals surface area contributed by atoms with Crippen molar-refractivity contribution in [3.05, 3.63) is 59.8 Å². The molecule has 32 heavy (non-hydrogen) atoms. The number of Topliss-reactive ketones (excluding diaryl/α,β-unsaturated/α-hetero) is 1. The number of hydrogen-bond acceptors (Lipinski definition) is 4. The molecule has 6 nitrogen and oxygen atoms in total. The summed E-state index contributed by atoms with van der Waals surface area (Å²) < 4.78 is 16.1. The van der Waals surface area contributed by atoms with Gasteiger partial charge in [0.15, 0.2) is 5.78 Å². The van der Waals surface area contributed by atoms with Gasteiger partial charge in [-0.25, -0.2) is 4.39 Å². The molecule has 0 unspecified atom stereocenters. The van der Waals surface area contributed by atoms with Crippen LogP contribution in [0.25, 0.3) is 16.6 Å². The fourth-order valence-corrected chi connectivity index (χ4v) is 4.66. The highest BCUT2D eigenvalue weighted by Crippen LogP contribution is 2.30. The van der Waals surface area contributed by atoms with Gasteiger partial charge in [0.1, 0.15) is 5.82 Å². The summed E-state index contributed by atoms with van der Waals surface area (Å²) in [6, 6.07) is 5.94. The van der Waals surface area contributed by atoms with Gasteiger partial charge in [-0.3, -0.25) is 14.6 Å². The second kappa shape index (κ2) is 8.82. The van der Waals surface area contributed by atoms with Gasteiger partial charge in [0.05, 0.1) is 23.0 Å². The molecule has 1 N–H and O–H groups in total. The average Bonchev–Trinajstić information content (AvgIpc) is 3.41. The van der Waals surface area contributed by atoms with E-state index in [0.29, 0.717) is 23.3 Å². The van der Waals surface area contributed by atoms with E-state index >= 15 is 0 Å². The minimum atomic E-state index is -0.479. The summed E-state index contributed by atoms with van der Waals surface area (Å²) in [6.45, 7) is 9.26. The van der Waals surface area contributed by atoms with E-state index in [1.165, 1.54) is 12.1 Å². The van der Waals surface area contributed by atoms with Crippen molar-refractivity contribution in [3.8, 4) is 5.69 Å². The average molecular weight is 437 g/mol. The largest absolute Gasteiger partial charge is 0.334 e. The maximum Gasteiger partial charge on any atom is 0.256 e. The quantitative estimate of drug-likeness (QED) is 0.588. The molecule has 168 valence electrons. The zero-order chi connectivity index (χ0) is 23.0. The van der Waals surface area contributed by atoms with E-state index in [2.05, 4.69) is 10.3 Å². The van der Waals surface area contributed by atoms with Crippen LogP contribution in [0.2, 0.25) is 0 Å². The number of ketones is 1. The Hall–Kier alpha value is -3.06.